The van der Waals surface area contributed by atoms with E-state index in [1.807, 2.05) is 12.1 Å². The van der Waals surface area contributed by atoms with Crippen LogP contribution in [-0.2, 0) is 6.54 Å². The highest BCUT2D eigenvalue weighted by Crippen LogP contribution is 2.35. The van der Waals surface area contributed by atoms with Gasteiger partial charge in [-0.3, -0.25) is 9.88 Å². The molecule has 1 saturated heterocycles. The van der Waals surface area contributed by atoms with E-state index in [2.05, 4.69) is 16.8 Å². The van der Waals surface area contributed by atoms with Gasteiger partial charge in [-0.25, -0.2) is 4.39 Å². The molecule has 4 heteroatoms. The second kappa shape index (κ2) is 6.31. The van der Waals surface area contributed by atoms with E-state index < -0.39 is 0 Å². The van der Waals surface area contributed by atoms with E-state index in [1.165, 1.54) is 6.07 Å². The Morgan fingerprint density at radius 1 is 1.32 bits per heavy atom. The van der Waals surface area contributed by atoms with Crippen LogP contribution in [0.25, 0.3) is 10.9 Å². The molecule has 22 heavy (non-hydrogen) atoms. The molecule has 1 N–H and O–H groups in total. The van der Waals surface area contributed by atoms with Crippen molar-refractivity contribution in [2.75, 3.05) is 19.7 Å². The summed E-state index contributed by atoms with van der Waals surface area (Å²) in [5.74, 6) is -0.203. The maximum absolute atomic E-state index is 13.8. The lowest BCUT2D eigenvalue weighted by atomic mass is 9.77. The van der Waals surface area contributed by atoms with E-state index in [1.54, 1.807) is 12.3 Å². The Morgan fingerprint density at radius 2 is 2.09 bits per heavy atom. The van der Waals surface area contributed by atoms with Gasteiger partial charge in [-0.1, -0.05) is 13.0 Å². The SMILES string of the molecule is CCC1(CO)CCN(Cc2cc(F)cc3cccnc23)CC1. The van der Waals surface area contributed by atoms with Crippen molar-refractivity contribution in [1.29, 1.82) is 0 Å². The average Bonchev–Trinajstić information content (AvgIpc) is 2.56. The van der Waals surface area contributed by atoms with Crippen LogP contribution in [0.4, 0.5) is 4.39 Å². The molecule has 0 amide bonds. The number of pyridine rings is 1. The molecular weight excluding hydrogens is 279 g/mol. The maximum Gasteiger partial charge on any atom is 0.124 e. The molecule has 0 bridgehead atoms. The highest BCUT2D eigenvalue weighted by molar-refractivity contribution is 5.81. The molecule has 2 heterocycles. The summed E-state index contributed by atoms with van der Waals surface area (Å²) < 4.78 is 13.8. The Morgan fingerprint density at radius 3 is 2.77 bits per heavy atom. The minimum Gasteiger partial charge on any atom is -0.396 e. The van der Waals surface area contributed by atoms with Gasteiger partial charge >= 0.3 is 0 Å². The second-order valence-electron chi connectivity index (χ2n) is 6.43. The number of likely N-dealkylation sites (tertiary alicyclic amines) is 1. The number of nitrogens with zero attached hydrogens (tertiary/aromatic N) is 2. The van der Waals surface area contributed by atoms with Crippen molar-refractivity contribution in [3.63, 3.8) is 0 Å². The lowest BCUT2D eigenvalue weighted by molar-refractivity contribution is 0.0383. The minimum atomic E-state index is -0.203. The summed E-state index contributed by atoms with van der Waals surface area (Å²) in [6.07, 6.45) is 4.77. The summed E-state index contributed by atoms with van der Waals surface area (Å²) in [5.41, 5.74) is 1.92. The first-order valence-electron chi connectivity index (χ1n) is 8.02. The van der Waals surface area contributed by atoms with Gasteiger partial charge in [-0.2, -0.15) is 0 Å². The molecule has 1 aliphatic heterocycles. The highest BCUT2D eigenvalue weighted by atomic mass is 19.1. The van der Waals surface area contributed by atoms with Gasteiger partial charge < -0.3 is 5.11 Å². The minimum absolute atomic E-state index is 0.0821. The monoisotopic (exact) mass is 302 g/mol. The van der Waals surface area contributed by atoms with Crippen LogP contribution in [-0.4, -0.2) is 34.7 Å². The summed E-state index contributed by atoms with van der Waals surface area (Å²) >= 11 is 0. The molecule has 0 atom stereocenters. The number of rotatable bonds is 4. The maximum atomic E-state index is 13.8. The lowest BCUT2D eigenvalue weighted by Crippen LogP contribution is -2.41. The molecule has 1 fully saturated rings. The standard InChI is InChI=1S/C18H23FN2O/c1-2-18(13-22)5-8-21(9-6-18)12-15-11-16(19)10-14-4-3-7-20-17(14)15/h3-4,7,10-11,22H,2,5-6,8-9,12-13H2,1H3. The Bertz CT molecular complexity index is 645. The Kier molecular flexibility index (Phi) is 4.41. The molecule has 0 unspecified atom stereocenters. The van der Waals surface area contributed by atoms with Crippen LogP contribution >= 0.6 is 0 Å². The number of hydrogen-bond donors (Lipinski definition) is 1. The second-order valence-corrected chi connectivity index (χ2v) is 6.43. The Labute approximate surface area is 130 Å². The molecule has 0 aliphatic carbocycles. The van der Waals surface area contributed by atoms with E-state index in [4.69, 9.17) is 0 Å². The number of halogens is 1. The van der Waals surface area contributed by atoms with E-state index in [0.717, 1.165) is 55.4 Å². The van der Waals surface area contributed by atoms with Gasteiger partial charge in [0, 0.05) is 24.7 Å². The van der Waals surface area contributed by atoms with Gasteiger partial charge in [0.2, 0.25) is 0 Å². The third kappa shape index (κ3) is 2.99. The molecule has 0 spiro atoms. The number of benzene rings is 1. The average molecular weight is 302 g/mol. The van der Waals surface area contributed by atoms with Crippen molar-refractivity contribution in [3.05, 3.63) is 41.8 Å². The normalized spacial score (nSPS) is 18.7. The number of aliphatic hydroxyl groups excluding tert-OH is 1. The van der Waals surface area contributed by atoms with Crippen molar-refractivity contribution >= 4 is 10.9 Å². The molecule has 1 aromatic carbocycles. The smallest absolute Gasteiger partial charge is 0.124 e. The van der Waals surface area contributed by atoms with Crippen molar-refractivity contribution in [2.24, 2.45) is 5.41 Å². The molecule has 2 aromatic rings. The predicted molar refractivity (Wildman–Crippen MR) is 86.0 cm³/mol. The van der Waals surface area contributed by atoms with Crippen LogP contribution in [0.2, 0.25) is 0 Å². The molecule has 3 nitrogen and oxygen atoms in total. The molecular formula is C18H23FN2O. The number of aromatic nitrogens is 1. The molecule has 1 aromatic heterocycles. The van der Waals surface area contributed by atoms with Crippen molar-refractivity contribution in [3.8, 4) is 0 Å². The van der Waals surface area contributed by atoms with Crippen LogP contribution in [0.15, 0.2) is 30.5 Å². The first kappa shape index (κ1) is 15.4. The summed E-state index contributed by atoms with van der Waals surface area (Å²) in [7, 11) is 0. The van der Waals surface area contributed by atoms with Gasteiger partial charge in [-0.05, 0) is 61.5 Å². The van der Waals surface area contributed by atoms with Crippen molar-refractivity contribution in [1.82, 2.24) is 9.88 Å². The fraction of sp³-hybridized carbons (Fsp3) is 0.500. The summed E-state index contributed by atoms with van der Waals surface area (Å²) in [6.45, 7) is 5.02. The largest absolute Gasteiger partial charge is 0.396 e. The first-order valence-corrected chi connectivity index (χ1v) is 8.02. The zero-order chi connectivity index (χ0) is 15.6. The quantitative estimate of drug-likeness (QED) is 0.941. The predicted octanol–water partition coefficient (Wildman–Crippen LogP) is 3.36. The van der Waals surface area contributed by atoms with Gasteiger partial charge in [0.15, 0.2) is 0 Å². The summed E-state index contributed by atoms with van der Waals surface area (Å²) in [5, 5.41) is 10.5. The third-order valence-corrected chi connectivity index (χ3v) is 5.14. The zero-order valence-electron chi connectivity index (χ0n) is 13.1. The van der Waals surface area contributed by atoms with E-state index in [9.17, 15) is 9.50 Å². The first-order chi connectivity index (χ1) is 10.7. The van der Waals surface area contributed by atoms with Gasteiger partial charge in [0.25, 0.3) is 0 Å². The zero-order valence-corrected chi connectivity index (χ0v) is 13.1. The van der Waals surface area contributed by atoms with Gasteiger partial charge in [-0.15, -0.1) is 0 Å². The van der Waals surface area contributed by atoms with Crippen LogP contribution in [0.1, 0.15) is 31.7 Å². The van der Waals surface area contributed by atoms with Crippen molar-refractivity contribution < 1.29 is 9.50 Å². The molecule has 0 saturated carbocycles. The van der Waals surface area contributed by atoms with Gasteiger partial charge in [0.05, 0.1) is 5.52 Å². The van der Waals surface area contributed by atoms with E-state index in [-0.39, 0.29) is 17.8 Å². The number of hydrogen-bond acceptors (Lipinski definition) is 3. The number of aliphatic hydroxyl groups is 1. The molecule has 1 aliphatic rings. The number of piperidine rings is 1. The summed E-state index contributed by atoms with van der Waals surface area (Å²) in [6, 6.07) is 6.88. The summed E-state index contributed by atoms with van der Waals surface area (Å²) in [4.78, 5) is 6.76. The fourth-order valence-electron chi connectivity index (χ4n) is 3.40. The van der Waals surface area contributed by atoms with Crippen LogP contribution in [0, 0.1) is 11.2 Å². The third-order valence-electron chi connectivity index (χ3n) is 5.14. The van der Waals surface area contributed by atoms with Gasteiger partial charge in [0.1, 0.15) is 5.82 Å². The topological polar surface area (TPSA) is 36.4 Å². The van der Waals surface area contributed by atoms with E-state index >= 15 is 0 Å². The van der Waals surface area contributed by atoms with Crippen LogP contribution in [0.5, 0.6) is 0 Å². The van der Waals surface area contributed by atoms with E-state index in [0.29, 0.717) is 0 Å². The molecule has 118 valence electrons. The number of fused-ring (bicyclic) bond motifs is 1. The van der Waals surface area contributed by atoms with Crippen molar-refractivity contribution in [2.45, 2.75) is 32.7 Å². The fourth-order valence-corrected chi connectivity index (χ4v) is 3.40. The van der Waals surface area contributed by atoms with Crippen LogP contribution in [0.3, 0.4) is 0 Å². The highest BCUT2D eigenvalue weighted by Gasteiger charge is 2.32. The Hall–Kier alpha value is -1.52. The molecule has 3 rings (SSSR count). The van der Waals surface area contributed by atoms with Crippen LogP contribution < -0.4 is 0 Å². The molecule has 0 radical (unpaired) electrons. The Balaban J connectivity index is 1.77. The lowest BCUT2D eigenvalue weighted by Gasteiger charge is -2.40.